The van der Waals surface area contributed by atoms with Gasteiger partial charge in [-0.2, -0.15) is 0 Å². The molecule has 0 bridgehead atoms. The molecule has 0 spiro atoms. The fourth-order valence-corrected chi connectivity index (χ4v) is 39.4. The molecule has 0 N–H and O–H groups in total. The molecule has 2 aromatic rings. The Morgan fingerprint density at radius 3 is 1.06 bits per heavy atom. The fraction of sp³-hybridized carbons (Fsp3) is 0.448. The van der Waals surface area contributed by atoms with Gasteiger partial charge in [-0.15, -0.1) is 0 Å². The number of hydrogen-bond donors (Lipinski definition) is 0. The van der Waals surface area contributed by atoms with Crippen LogP contribution in [-0.2, 0) is 0 Å². The number of allylic oxidation sites excluding steroid dienone is 2. The first kappa shape index (κ1) is 25.8. The van der Waals surface area contributed by atoms with Gasteiger partial charge in [0.15, 0.2) is 0 Å². The standard InChI is InChI=1S/C28H40Si2.CH3.Sn/c1-27(2,3)29(7,8)21-25(23-17-13-11-14-18-23)26(24-19-15-12-16-20-24)22-30(9,10)28(4,5)6;;/h11-20H,1-10H3;1H3;/q;;-1. The molecule has 32 heavy (non-hydrogen) atoms. The summed E-state index contributed by atoms with van der Waals surface area (Å²) in [4.78, 5) is 2.73. The molecule has 1 heterocycles. The summed E-state index contributed by atoms with van der Waals surface area (Å²) in [6, 6.07) is 22.7. The Hall–Kier alpha value is -0.848. The molecule has 0 nitrogen and oxygen atoms in total. The maximum absolute atomic E-state index is 2.73. The zero-order valence-corrected chi connectivity index (χ0v) is 27.1. The van der Waals surface area contributed by atoms with Crippen molar-refractivity contribution in [1.82, 2.24) is 0 Å². The van der Waals surface area contributed by atoms with Crippen molar-refractivity contribution in [3.8, 4) is 0 Å². The Balaban J connectivity index is 2.50. The first-order chi connectivity index (χ1) is 14.6. The molecule has 0 aromatic heterocycles. The van der Waals surface area contributed by atoms with E-state index in [1.54, 1.807) is 11.1 Å². The van der Waals surface area contributed by atoms with Gasteiger partial charge in [-0.25, -0.2) is 0 Å². The third-order valence-corrected chi connectivity index (χ3v) is 40.6. The molecule has 0 amide bonds. The van der Waals surface area contributed by atoms with E-state index in [-0.39, 0.29) is 0 Å². The number of rotatable bonds is 4. The van der Waals surface area contributed by atoms with Gasteiger partial charge in [-0.1, -0.05) is 0 Å². The van der Waals surface area contributed by atoms with Crippen LogP contribution in [0.3, 0.4) is 0 Å². The van der Waals surface area contributed by atoms with Crippen LogP contribution >= 0.6 is 0 Å². The van der Waals surface area contributed by atoms with E-state index in [0.29, 0.717) is 10.1 Å². The third kappa shape index (κ3) is 4.32. The molecule has 0 saturated carbocycles. The van der Waals surface area contributed by atoms with Gasteiger partial charge in [-0.3, -0.25) is 0 Å². The Morgan fingerprint density at radius 1 is 0.531 bits per heavy atom. The molecule has 0 unspecified atom stereocenters. The molecule has 172 valence electrons. The summed E-state index contributed by atoms with van der Waals surface area (Å²) < 4.78 is 3.91. The van der Waals surface area contributed by atoms with E-state index in [0.717, 1.165) is 0 Å². The molecule has 0 fully saturated rings. The zero-order valence-electron chi connectivity index (χ0n) is 22.3. The van der Waals surface area contributed by atoms with Gasteiger partial charge in [0.1, 0.15) is 0 Å². The predicted molar refractivity (Wildman–Crippen MR) is 153 cm³/mol. The molecule has 1 aliphatic heterocycles. The van der Waals surface area contributed by atoms with Crippen LogP contribution in [0.2, 0.25) is 41.2 Å². The molecular formula is C29H43Si2Sn-. The van der Waals surface area contributed by atoms with E-state index in [1.165, 1.54) is 11.1 Å². The van der Waals surface area contributed by atoms with Gasteiger partial charge in [0.05, 0.1) is 0 Å². The van der Waals surface area contributed by atoms with Crippen molar-refractivity contribution < 1.29 is 0 Å². The van der Waals surface area contributed by atoms with Crippen molar-refractivity contribution in [3.63, 3.8) is 0 Å². The van der Waals surface area contributed by atoms with E-state index >= 15 is 0 Å². The second-order valence-electron chi connectivity index (χ2n) is 12.6. The molecule has 1 aliphatic rings. The van der Waals surface area contributed by atoms with Crippen LogP contribution in [0, 0.1) is 0 Å². The van der Waals surface area contributed by atoms with E-state index in [9.17, 15) is 0 Å². The van der Waals surface area contributed by atoms with Gasteiger partial charge in [-0.05, 0) is 0 Å². The average molecular weight is 567 g/mol. The maximum atomic E-state index is 2.73. The Morgan fingerprint density at radius 2 is 0.812 bits per heavy atom. The van der Waals surface area contributed by atoms with Crippen LogP contribution in [0.1, 0.15) is 52.7 Å². The molecule has 0 saturated heterocycles. The van der Waals surface area contributed by atoms with Crippen LogP contribution in [0.5, 0.6) is 0 Å². The molecule has 0 aliphatic carbocycles. The molecule has 3 heteroatoms. The van der Waals surface area contributed by atoms with Gasteiger partial charge < -0.3 is 0 Å². The van der Waals surface area contributed by atoms with E-state index < -0.39 is 35.9 Å². The topological polar surface area (TPSA) is 0 Å². The summed E-state index contributed by atoms with van der Waals surface area (Å²) in [5.41, 5.74) is 6.17. The summed E-state index contributed by atoms with van der Waals surface area (Å²) in [5, 5.41) is 0.684. The van der Waals surface area contributed by atoms with Gasteiger partial charge in [0, 0.05) is 0 Å². The SMILES string of the molecule is [CH3][Sn-]1[C]([Si](C)(C)C(C)(C)C)=C(c2ccccc2)C(c2ccccc2)=[C]1[Si](C)(C)C(C)(C)C. The summed E-state index contributed by atoms with van der Waals surface area (Å²) in [6.07, 6.45) is 0. The van der Waals surface area contributed by atoms with Crippen LogP contribution in [0.15, 0.2) is 67.1 Å². The average Bonchev–Trinajstić information content (AvgIpc) is 3.01. The second-order valence-corrected chi connectivity index (χ2v) is 32.4. The Kier molecular flexibility index (Phi) is 7.04. The monoisotopic (exact) mass is 567 g/mol. The first-order valence-electron chi connectivity index (χ1n) is 12.1. The van der Waals surface area contributed by atoms with Gasteiger partial charge in [0.2, 0.25) is 0 Å². The van der Waals surface area contributed by atoms with Crippen molar-refractivity contribution in [3.05, 3.63) is 78.2 Å². The summed E-state index contributed by atoms with van der Waals surface area (Å²) in [5.74, 6) is 0. The minimum absolute atomic E-state index is 0.342. The normalized spacial score (nSPS) is 16.3. The van der Waals surface area contributed by atoms with E-state index in [1.807, 2.05) is 6.42 Å². The number of benzene rings is 2. The van der Waals surface area contributed by atoms with Crippen molar-refractivity contribution in [2.24, 2.45) is 0 Å². The molecule has 0 atom stereocenters. The van der Waals surface area contributed by atoms with Crippen LogP contribution < -0.4 is 0 Å². The molecule has 0 radical (unpaired) electrons. The van der Waals surface area contributed by atoms with E-state index in [4.69, 9.17) is 0 Å². The predicted octanol–water partition coefficient (Wildman–Crippen LogP) is 9.21. The summed E-state index contributed by atoms with van der Waals surface area (Å²) in [7, 11) is -3.38. The molecule has 2 aromatic carbocycles. The van der Waals surface area contributed by atoms with Crippen molar-refractivity contribution in [1.29, 1.82) is 0 Å². The molecular weight excluding hydrogens is 523 g/mol. The van der Waals surface area contributed by atoms with Crippen LogP contribution in [0.4, 0.5) is 0 Å². The van der Waals surface area contributed by atoms with Crippen LogP contribution in [0.25, 0.3) is 11.1 Å². The Labute approximate surface area is 207 Å². The van der Waals surface area contributed by atoms with Crippen LogP contribution in [-0.4, -0.2) is 35.9 Å². The van der Waals surface area contributed by atoms with Gasteiger partial charge in [0.25, 0.3) is 0 Å². The summed E-state index contributed by atoms with van der Waals surface area (Å²) in [6.45, 7) is 25.6. The Bertz CT molecular complexity index is 945. The summed E-state index contributed by atoms with van der Waals surface area (Å²) >= 11 is -2.05. The quantitative estimate of drug-likeness (QED) is 0.324. The molecule has 3 rings (SSSR count). The fourth-order valence-electron chi connectivity index (χ4n) is 4.85. The van der Waals surface area contributed by atoms with Gasteiger partial charge >= 0.3 is 208 Å². The number of hydrogen-bond acceptors (Lipinski definition) is 0. The van der Waals surface area contributed by atoms with Crippen molar-refractivity contribution in [2.45, 2.75) is 82.7 Å². The minimum atomic E-state index is -2.05. The van der Waals surface area contributed by atoms with E-state index in [2.05, 4.69) is 133 Å². The third-order valence-electron chi connectivity index (χ3n) is 8.62. The zero-order chi connectivity index (χ0) is 24.1. The second kappa shape index (κ2) is 8.74. The first-order valence-corrected chi connectivity index (χ1v) is 23.8. The van der Waals surface area contributed by atoms with Crippen molar-refractivity contribution >= 4 is 47.1 Å². The van der Waals surface area contributed by atoms with Crippen molar-refractivity contribution in [2.75, 3.05) is 0 Å².